The summed E-state index contributed by atoms with van der Waals surface area (Å²) in [5.74, 6) is 0. The van der Waals surface area contributed by atoms with Crippen molar-refractivity contribution >= 4 is 17.3 Å². The summed E-state index contributed by atoms with van der Waals surface area (Å²) >= 11 is 5.92. The fraction of sp³-hybridized carbons (Fsp3) is 0.727. The molecule has 0 spiro atoms. The van der Waals surface area contributed by atoms with E-state index in [-0.39, 0.29) is 16.1 Å². The van der Waals surface area contributed by atoms with E-state index in [9.17, 15) is 18.3 Å². The highest BCUT2D eigenvalue weighted by Gasteiger charge is 2.43. The van der Waals surface area contributed by atoms with Crippen LogP contribution in [0.2, 0.25) is 5.02 Å². The van der Waals surface area contributed by atoms with Gasteiger partial charge in [-0.2, -0.15) is 13.2 Å². The maximum Gasteiger partial charge on any atom is 0.419 e. The Bertz CT molecular complexity index is 729. The first-order valence-corrected chi connectivity index (χ1v) is 11.0. The number of β-amino-alcohol motifs (C(OH)–C–C–N with tert-alkyl or cyclic N) is 1. The maximum atomic E-state index is 13.6. The van der Waals surface area contributed by atoms with Crippen molar-refractivity contribution in [1.82, 2.24) is 9.80 Å². The number of hydrogen-bond donors (Lipinski definition) is 1. The quantitative estimate of drug-likeness (QED) is 0.673. The molecule has 2 fully saturated rings. The molecule has 2 heterocycles. The Hall–Kier alpha value is -1.02. The number of halogens is 4. The van der Waals surface area contributed by atoms with Crippen LogP contribution >= 0.6 is 11.6 Å². The normalized spacial score (nSPS) is 21.7. The first-order chi connectivity index (χ1) is 14.0. The summed E-state index contributed by atoms with van der Waals surface area (Å²) in [6, 6.07) is 4.41. The molecule has 4 nitrogen and oxygen atoms in total. The van der Waals surface area contributed by atoms with Gasteiger partial charge in [-0.05, 0) is 50.9 Å². The predicted octanol–water partition coefficient (Wildman–Crippen LogP) is 4.35. The fourth-order valence-electron chi connectivity index (χ4n) is 5.49. The summed E-state index contributed by atoms with van der Waals surface area (Å²) in [5.41, 5.74) is -1.15. The Morgan fingerprint density at radius 2 is 1.80 bits per heavy atom. The lowest BCUT2D eigenvalue weighted by Crippen LogP contribution is -2.65. The standard InChI is InChI=1S/C22H33ClF3N3O/c1-4-8-20(13-27(2)14-21(30)15-28(3)16-21)9-11-29(12-10-20)18-7-5-6-17(23)19(18)22(24,25)26/h5-7,30H,4,8-16H2,1-3H3. The molecule has 2 aliphatic heterocycles. The number of alkyl halides is 3. The zero-order valence-electron chi connectivity index (χ0n) is 18.1. The lowest BCUT2D eigenvalue weighted by molar-refractivity contribution is -0.137. The topological polar surface area (TPSA) is 30.0 Å². The predicted molar refractivity (Wildman–Crippen MR) is 115 cm³/mol. The van der Waals surface area contributed by atoms with E-state index >= 15 is 0 Å². The number of rotatable bonds is 7. The molecule has 2 aliphatic rings. The number of hydrogen-bond acceptors (Lipinski definition) is 4. The van der Waals surface area contributed by atoms with Gasteiger partial charge >= 0.3 is 6.18 Å². The third kappa shape index (κ3) is 5.23. The maximum absolute atomic E-state index is 13.6. The van der Waals surface area contributed by atoms with Crippen LogP contribution in [-0.4, -0.2) is 73.9 Å². The van der Waals surface area contributed by atoms with Gasteiger partial charge in [-0.25, -0.2) is 0 Å². The number of anilines is 1. The molecule has 0 atom stereocenters. The summed E-state index contributed by atoms with van der Waals surface area (Å²) in [4.78, 5) is 6.13. The second kappa shape index (κ2) is 8.85. The van der Waals surface area contributed by atoms with Crippen molar-refractivity contribution in [2.45, 2.75) is 44.4 Å². The average Bonchev–Trinajstić information content (AvgIpc) is 2.59. The summed E-state index contributed by atoms with van der Waals surface area (Å²) in [7, 11) is 4.03. The summed E-state index contributed by atoms with van der Waals surface area (Å²) < 4.78 is 40.8. The Kier molecular flexibility index (Phi) is 6.97. The van der Waals surface area contributed by atoms with Crippen LogP contribution in [0.1, 0.15) is 38.2 Å². The Morgan fingerprint density at radius 1 is 1.17 bits per heavy atom. The second-order valence-corrected chi connectivity index (χ2v) is 9.84. The van der Waals surface area contributed by atoms with Gasteiger partial charge < -0.3 is 19.8 Å². The Balaban J connectivity index is 1.69. The van der Waals surface area contributed by atoms with Crippen molar-refractivity contribution < 1.29 is 18.3 Å². The number of likely N-dealkylation sites (N-methyl/N-ethyl adjacent to an activating group) is 2. The Morgan fingerprint density at radius 3 is 2.33 bits per heavy atom. The molecule has 0 bridgehead atoms. The van der Waals surface area contributed by atoms with Gasteiger partial charge in [0.2, 0.25) is 0 Å². The van der Waals surface area contributed by atoms with Gasteiger partial charge in [-0.15, -0.1) is 0 Å². The van der Waals surface area contributed by atoms with E-state index in [1.54, 1.807) is 6.07 Å². The fourth-order valence-corrected chi connectivity index (χ4v) is 5.76. The van der Waals surface area contributed by atoms with Gasteiger partial charge in [-0.1, -0.05) is 31.0 Å². The van der Waals surface area contributed by atoms with E-state index in [4.69, 9.17) is 11.6 Å². The summed E-state index contributed by atoms with van der Waals surface area (Å²) in [6.45, 7) is 6.14. The minimum atomic E-state index is -4.47. The molecule has 0 amide bonds. The molecule has 0 radical (unpaired) electrons. The Labute approximate surface area is 182 Å². The highest BCUT2D eigenvalue weighted by atomic mass is 35.5. The lowest BCUT2D eigenvalue weighted by atomic mass is 9.74. The van der Waals surface area contributed by atoms with E-state index < -0.39 is 17.3 Å². The van der Waals surface area contributed by atoms with Crippen molar-refractivity contribution in [3.63, 3.8) is 0 Å². The minimum Gasteiger partial charge on any atom is -0.386 e. The zero-order valence-corrected chi connectivity index (χ0v) is 18.9. The molecule has 0 unspecified atom stereocenters. The van der Waals surface area contributed by atoms with Crippen molar-refractivity contribution in [3.8, 4) is 0 Å². The van der Waals surface area contributed by atoms with Crippen molar-refractivity contribution in [3.05, 3.63) is 28.8 Å². The number of nitrogens with zero attached hydrogens (tertiary/aromatic N) is 3. The number of aliphatic hydroxyl groups is 1. The molecule has 1 aromatic carbocycles. The molecular weight excluding hydrogens is 415 g/mol. The van der Waals surface area contributed by atoms with Crippen LogP contribution < -0.4 is 4.90 Å². The van der Waals surface area contributed by atoms with E-state index in [1.807, 2.05) is 19.0 Å². The molecule has 30 heavy (non-hydrogen) atoms. The van der Waals surface area contributed by atoms with E-state index in [1.165, 1.54) is 12.1 Å². The SMILES string of the molecule is CCCC1(CN(C)CC2(O)CN(C)C2)CCN(c2cccc(Cl)c2C(F)(F)F)CC1. The highest BCUT2D eigenvalue weighted by molar-refractivity contribution is 6.31. The monoisotopic (exact) mass is 447 g/mol. The van der Waals surface area contributed by atoms with Crippen LogP contribution in [0.25, 0.3) is 0 Å². The van der Waals surface area contributed by atoms with Crippen molar-refractivity contribution in [2.24, 2.45) is 5.41 Å². The molecule has 0 saturated carbocycles. The number of piperidine rings is 1. The van der Waals surface area contributed by atoms with Gasteiger partial charge in [0, 0.05) is 39.3 Å². The smallest absolute Gasteiger partial charge is 0.386 e. The van der Waals surface area contributed by atoms with Crippen LogP contribution in [0.5, 0.6) is 0 Å². The van der Waals surface area contributed by atoms with Crippen LogP contribution in [0, 0.1) is 5.41 Å². The van der Waals surface area contributed by atoms with Crippen LogP contribution in [0.3, 0.4) is 0 Å². The third-order valence-corrected chi connectivity index (χ3v) is 6.83. The minimum absolute atomic E-state index is 0.0585. The molecule has 170 valence electrons. The molecular formula is C22H33ClF3N3O. The van der Waals surface area contributed by atoms with Crippen LogP contribution in [-0.2, 0) is 6.18 Å². The van der Waals surface area contributed by atoms with Crippen LogP contribution in [0.15, 0.2) is 18.2 Å². The highest BCUT2D eigenvalue weighted by Crippen LogP contribution is 2.44. The first kappa shape index (κ1) is 23.6. The molecule has 3 rings (SSSR count). The van der Waals surface area contributed by atoms with E-state index in [2.05, 4.69) is 16.7 Å². The summed E-state index contributed by atoms with van der Waals surface area (Å²) in [6.07, 6.45) is -0.755. The zero-order chi connectivity index (χ0) is 22.2. The van der Waals surface area contributed by atoms with Gasteiger partial charge in [0.1, 0.15) is 5.60 Å². The number of benzene rings is 1. The lowest BCUT2D eigenvalue weighted by Gasteiger charge is -2.49. The first-order valence-electron chi connectivity index (χ1n) is 10.7. The second-order valence-electron chi connectivity index (χ2n) is 9.44. The average molecular weight is 448 g/mol. The van der Waals surface area contributed by atoms with Gasteiger partial charge in [0.25, 0.3) is 0 Å². The molecule has 0 aromatic heterocycles. The molecule has 0 aliphatic carbocycles. The molecule has 1 aromatic rings. The number of likely N-dealkylation sites (tertiary alicyclic amines) is 1. The molecule has 1 N–H and O–H groups in total. The van der Waals surface area contributed by atoms with E-state index in [0.717, 1.165) is 32.2 Å². The van der Waals surface area contributed by atoms with Gasteiger partial charge in [0.05, 0.1) is 16.3 Å². The third-order valence-electron chi connectivity index (χ3n) is 6.52. The largest absolute Gasteiger partial charge is 0.419 e. The summed E-state index contributed by atoms with van der Waals surface area (Å²) in [5, 5.41) is 10.4. The molecule has 2 saturated heterocycles. The van der Waals surface area contributed by atoms with Crippen molar-refractivity contribution in [1.29, 1.82) is 0 Å². The van der Waals surface area contributed by atoms with Gasteiger partial charge in [0.15, 0.2) is 0 Å². The van der Waals surface area contributed by atoms with E-state index in [0.29, 0.717) is 32.7 Å². The molecule has 8 heteroatoms. The van der Waals surface area contributed by atoms with Gasteiger partial charge in [-0.3, -0.25) is 0 Å². The van der Waals surface area contributed by atoms with Crippen molar-refractivity contribution in [2.75, 3.05) is 58.3 Å². The van der Waals surface area contributed by atoms with Crippen LogP contribution in [0.4, 0.5) is 18.9 Å².